The molecule has 0 saturated carbocycles. The quantitative estimate of drug-likeness (QED) is 0.182. The Bertz CT molecular complexity index is 394. The van der Waals surface area contributed by atoms with Gasteiger partial charge in [0.2, 0.25) is 0 Å². The second-order valence-corrected chi connectivity index (χ2v) is 4.77. The van der Waals surface area contributed by atoms with Crippen LogP contribution >= 0.6 is 0 Å². The summed E-state index contributed by atoms with van der Waals surface area (Å²) in [5.74, 6) is -9.18. The van der Waals surface area contributed by atoms with Gasteiger partial charge in [0.05, 0.1) is 5.92 Å². The van der Waals surface area contributed by atoms with Gasteiger partial charge in [-0.15, -0.1) is 11.5 Å². The number of rotatable bonds is 10. The molecule has 0 fully saturated rings. The van der Waals surface area contributed by atoms with Crippen molar-refractivity contribution in [2.75, 3.05) is 0 Å². The number of halogens is 7. The van der Waals surface area contributed by atoms with Crippen molar-refractivity contribution in [3.05, 3.63) is 12.7 Å². The second-order valence-electron chi connectivity index (χ2n) is 4.77. The van der Waals surface area contributed by atoms with Crippen LogP contribution in [0.3, 0.4) is 0 Å². The van der Waals surface area contributed by atoms with Crippen LogP contribution in [0.2, 0.25) is 0 Å². The van der Waals surface area contributed by atoms with Crippen LogP contribution in [-0.4, -0.2) is 24.2 Å². The second kappa shape index (κ2) is 8.51. The molecule has 0 aliphatic heterocycles. The summed E-state index contributed by atoms with van der Waals surface area (Å²) in [4.78, 5) is 17.6. The van der Waals surface area contributed by atoms with Crippen molar-refractivity contribution >= 4 is 5.97 Å². The molecule has 1 atom stereocenters. The molecular weight excluding hydrogens is 337 g/mol. The number of carbonyl (C=O) groups is 1. The summed E-state index contributed by atoms with van der Waals surface area (Å²) in [6, 6.07) is 0. The Labute approximate surface area is 128 Å². The Morgan fingerprint density at radius 2 is 1.65 bits per heavy atom. The Morgan fingerprint density at radius 3 is 2.09 bits per heavy atom. The molecular formula is C13H17F7O3. The van der Waals surface area contributed by atoms with Gasteiger partial charge in [-0.25, -0.2) is 4.79 Å². The maximum atomic E-state index is 12.8. The Morgan fingerprint density at radius 1 is 1.09 bits per heavy atom. The first-order valence-corrected chi connectivity index (χ1v) is 6.75. The molecule has 136 valence electrons. The summed E-state index contributed by atoms with van der Waals surface area (Å²) < 4.78 is 86.2. The largest absolute Gasteiger partial charge is 0.464 e. The van der Waals surface area contributed by atoms with Crippen LogP contribution in [0.4, 0.5) is 30.7 Å². The highest BCUT2D eigenvalue weighted by Gasteiger charge is 2.76. The number of carbonyl (C=O) groups excluding carboxylic acids is 1. The summed E-state index contributed by atoms with van der Waals surface area (Å²) in [6.45, 7) is 5.17. The minimum Gasteiger partial charge on any atom is -0.291 e. The van der Waals surface area contributed by atoms with E-state index in [1.54, 1.807) is 0 Å². The van der Waals surface area contributed by atoms with E-state index in [0.717, 1.165) is 25.3 Å². The molecule has 0 amide bonds. The molecule has 0 bridgehead atoms. The SMILES string of the molecule is C=CC(CCCCCC)C(=O)OOC(F)(F)C(F)(F)C(F)(F)F. The summed E-state index contributed by atoms with van der Waals surface area (Å²) in [5, 5.41) is 0. The van der Waals surface area contributed by atoms with E-state index in [1.807, 2.05) is 6.92 Å². The number of alkyl halides is 7. The van der Waals surface area contributed by atoms with E-state index in [0.29, 0.717) is 6.42 Å². The van der Waals surface area contributed by atoms with Crippen molar-refractivity contribution in [3.63, 3.8) is 0 Å². The molecule has 0 radical (unpaired) electrons. The summed E-state index contributed by atoms with van der Waals surface area (Å²) in [5.41, 5.74) is 0. The lowest BCUT2D eigenvalue weighted by Gasteiger charge is -2.26. The fourth-order valence-corrected chi connectivity index (χ4v) is 1.50. The topological polar surface area (TPSA) is 35.5 Å². The standard InChI is InChI=1S/C13H17F7O3/c1-3-5-6-7-8-9(4-2)10(21)22-23-13(19,20)11(14,15)12(16,17)18/h4,9H,2-3,5-8H2,1H3. The molecule has 0 aromatic rings. The monoisotopic (exact) mass is 354 g/mol. The Kier molecular flexibility index (Phi) is 8.02. The van der Waals surface area contributed by atoms with Gasteiger partial charge in [-0.3, -0.25) is 4.89 Å². The lowest BCUT2D eigenvalue weighted by Crippen LogP contribution is -2.53. The molecule has 0 rings (SSSR count). The summed E-state index contributed by atoms with van der Waals surface area (Å²) in [7, 11) is 0. The first kappa shape index (κ1) is 21.7. The summed E-state index contributed by atoms with van der Waals surface area (Å²) >= 11 is 0. The molecule has 0 aliphatic rings. The molecule has 1 unspecified atom stereocenters. The van der Waals surface area contributed by atoms with E-state index < -0.39 is 30.1 Å². The third kappa shape index (κ3) is 6.00. The Hall–Kier alpha value is -1.32. The van der Waals surface area contributed by atoms with Crippen molar-refractivity contribution in [3.8, 4) is 0 Å². The first-order chi connectivity index (χ1) is 10.4. The van der Waals surface area contributed by atoms with Crippen LogP contribution < -0.4 is 0 Å². The van der Waals surface area contributed by atoms with Gasteiger partial charge < -0.3 is 0 Å². The van der Waals surface area contributed by atoms with E-state index in [9.17, 15) is 35.5 Å². The zero-order valence-corrected chi connectivity index (χ0v) is 12.3. The molecule has 0 aromatic carbocycles. The van der Waals surface area contributed by atoms with Crippen molar-refractivity contribution in [2.45, 2.75) is 57.2 Å². The van der Waals surface area contributed by atoms with Crippen LogP contribution in [0.25, 0.3) is 0 Å². The zero-order valence-electron chi connectivity index (χ0n) is 12.3. The van der Waals surface area contributed by atoms with Gasteiger partial charge in [-0.1, -0.05) is 38.7 Å². The smallest absolute Gasteiger partial charge is 0.291 e. The maximum absolute atomic E-state index is 12.8. The highest BCUT2D eigenvalue weighted by molar-refractivity contribution is 5.73. The molecule has 0 heterocycles. The normalized spacial score (nSPS) is 14.4. The molecule has 0 N–H and O–H groups in total. The average Bonchev–Trinajstić information content (AvgIpc) is 2.43. The van der Waals surface area contributed by atoms with Gasteiger partial charge in [0.1, 0.15) is 0 Å². The third-order valence-corrected chi connectivity index (χ3v) is 2.91. The van der Waals surface area contributed by atoms with Crippen molar-refractivity contribution in [1.82, 2.24) is 0 Å². The van der Waals surface area contributed by atoms with E-state index in [4.69, 9.17) is 0 Å². The van der Waals surface area contributed by atoms with Gasteiger partial charge in [-0.2, -0.15) is 30.7 Å². The third-order valence-electron chi connectivity index (χ3n) is 2.91. The van der Waals surface area contributed by atoms with E-state index in [2.05, 4.69) is 16.4 Å². The molecule has 10 heteroatoms. The van der Waals surface area contributed by atoms with E-state index >= 15 is 0 Å². The lowest BCUT2D eigenvalue weighted by molar-refractivity contribution is -0.499. The van der Waals surface area contributed by atoms with Crippen LogP contribution in [0.5, 0.6) is 0 Å². The lowest BCUT2D eigenvalue weighted by atomic mass is 10.0. The van der Waals surface area contributed by atoms with Crippen LogP contribution in [0.15, 0.2) is 12.7 Å². The fraction of sp³-hybridized carbons (Fsp3) is 0.769. The Balaban J connectivity index is 4.63. The van der Waals surface area contributed by atoms with Crippen molar-refractivity contribution in [1.29, 1.82) is 0 Å². The molecule has 0 aliphatic carbocycles. The maximum Gasteiger partial charge on any atom is 0.464 e. The van der Waals surface area contributed by atoms with Gasteiger partial charge in [0.25, 0.3) is 0 Å². The number of unbranched alkanes of at least 4 members (excludes halogenated alkanes) is 3. The highest BCUT2D eigenvalue weighted by atomic mass is 19.4. The predicted octanol–water partition coefficient (Wildman–Crippen LogP) is 5.02. The number of hydrogen-bond donors (Lipinski definition) is 0. The van der Waals surface area contributed by atoms with Crippen LogP contribution in [-0.2, 0) is 14.6 Å². The molecule has 0 spiro atoms. The molecule has 0 saturated heterocycles. The van der Waals surface area contributed by atoms with Gasteiger partial charge in [0, 0.05) is 0 Å². The molecule has 23 heavy (non-hydrogen) atoms. The minimum absolute atomic E-state index is 0.118. The molecule has 0 aromatic heterocycles. The summed E-state index contributed by atoms with van der Waals surface area (Å²) in [6.07, 6.45) is -8.53. The first-order valence-electron chi connectivity index (χ1n) is 6.75. The van der Waals surface area contributed by atoms with Crippen LogP contribution in [0, 0.1) is 5.92 Å². The minimum atomic E-state index is -6.57. The van der Waals surface area contributed by atoms with Crippen molar-refractivity contribution < 1.29 is 45.3 Å². The van der Waals surface area contributed by atoms with Crippen molar-refractivity contribution in [2.24, 2.45) is 5.92 Å². The fourth-order valence-electron chi connectivity index (χ4n) is 1.50. The number of hydrogen-bond acceptors (Lipinski definition) is 3. The van der Waals surface area contributed by atoms with Gasteiger partial charge in [0.15, 0.2) is 0 Å². The average molecular weight is 354 g/mol. The highest BCUT2D eigenvalue weighted by Crippen LogP contribution is 2.47. The van der Waals surface area contributed by atoms with Crippen LogP contribution in [0.1, 0.15) is 39.0 Å². The predicted molar refractivity (Wildman–Crippen MR) is 65.6 cm³/mol. The van der Waals surface area contributed by atoms with Gasteiger partial charge >= 0.3 is 24.2 Å². The van der Waals surface area contributed by atoms with Gasteiger partial charge in [-0.05, 0) is 6.42 Å². The van der Waals surface area contributed by atoms with E-state index in [1.165, 1.54) is 0 Å². The zero-order chi connectivity index (χ0) is 18.3. The van der Waals surface area contributed by atoms with E-state index in [-0.39, 0.29) is 6.42 Å². The molecule has 3 nitrogen and oxygen atoms in total.